The van der Waals surface area contributed by atoms with Crippen LogP contribution in [0.4, 0.5) is 11.8 Å². The maximum absolute atomic E-state index is 9.61. The molecule has 1 aliphatic carbocycles. The topological polar surface area (TPSA) is 70.1 Å². The minimum Gasteiger partial charge on any atom is -0.394 e. The lowest BCUT2D eigenvalue weighted by Gasteiger charge is -2.36. The summed E-state index contributed by atoms with van der Waals surface area (Å²) in [5, 5.41) is 15.9. The van der Waals surface area contributed by atoms with Gasteiger partial charge in [-0.3, -0.25) is 0 Å². The standard InChI is InChI=1S/C12H20N4O/c1-13-11-14-8-5-10(15-11)16-12(9-17)6-3-2-4-7-12/h5,8,17H,2-4,6-7,9H2,1H3,(H2,13,14,15,16). The molecule has 94 valence electrons. The molecular formula is C12H20N4O. The summed E-state index contributed by atoms with van der Waals surface area (Å²) in [6.07, 6.45) is 7.31. The molecule has 0 radical (unpaired) electrons. The third-order valence-electron chi connectivity index (χ3n) is 3.39. The van der Waals surface area contributed by atoms with Crippen molar-refractivity contribution in [1.82, 2.24) is 9.97 Å². The van der Waals surface area contributed by atoms with Crippen molar-refractivity contribution in [3.05, 3.63) is 12.3 Å². The molecular weight excluding hydrogens is 216 g/mol. The van der Waals surface area contributed by atoms with Gasteiger partial charge in [-0.15, -0.1) is 0 Å². The Hall–Kier alpha value is -1.36. The molecule has 0 amide bonds. The summed E-state index contributed by atoms with van der Waals surface area (Å²) >= 11 is 0. The molecule has 0 bridgehead atoms. The SMILES string of the molecule is CNc1nccc(NC2(CO)CCCCC2)n1. The first kappa shape index (κ1) is 12.1. The third kappa shape index (κ3) is 2.85. The molecule has 3 N–H and O–H groups in total. The summed E-state index contributed by atoms with van der Waals surface area (Å²) in [5.41, 5.74) is -0.197. The van der Waals surface area contributed by atoms with Crippen molar-refractivity contribution < 1.29 is 5.11 Å². The van der Waals surface area contributed by atoms with Gasteiger partial charge in [-0.25, -0.2) is 4.98 Å². The Kier molecular flexibility index (Phi) is 3.78. The summed E-state index contributed by atoms with van der Waals surface area (Å²) in [5.74, 6) is 1.37. The monoisotopic (exact) mass is 236 g/mol. The molecule has 0 atom stereocenters. The van der Waals surface area contributed by atoms with Gasteiger partial charge in [-0.1, -0.05) is 19.3 Å². The van der Waals surface area contributed by atoms with Gasteiger partial charge in [-0.2, -0.15) is 4.98 Å². The van der Waals surface area contributed by atoms with E-state index in [4.69, 9.17) is 0 Å². The van der Waals surface area contributed by atoms with Crippen LogP contribution in [0.2, 0.25) is 0 Å². The summed E-state index contributed by atoms with van der Waals surface area (Å²) in [6.45, 7) is 0.159. The maximum atomic E-state index is 9.61. The van der Waals surface area contributed by atoms with Crippen LogP contribution in [-0.4, -0.2) is 34.3 Å². The van der Waals surface area contributed by atoms with Crippen molar-refractivity contribution in [1.29, 1.82) is 0 Å². The van der Waals surface area contributed by atoms with E-state index >= 15 is 0 Å². The number of aromatic nitrogens is 2. The first-order chi connectivity index (χ1) is 8.28. The Balaban J connectivity index is 2.11. The minimum absolute atomic E-state index is 0.159. The highest BCUT2D eigenvalue weighted by molar-refractivity contribution is 5.41. The van der Waals surface area contributed by atoms with Gasteiger partial charge in [0.2, 0.25) is 5.95 Å². The van der Waals surface area contributed by atoms with Crippen LogP contribution in [0.15, 0.2) is 12.3 Å². The van der Waals surface area contributed by atoms with Crippen molar-refractivity contribution in [3.8, 4) is 0 Å². The average molecular weight is 236 g/mol. The van der Waals surface area contributed by atoms with Crippen LogP contribution >= 0.6 is 0 Å². The second-order valence-corrected chi connectivity index (χ2v) is 4.64. The normalized spacial score (nSPS) is 18.7. The highest BCUT2D eigenvalue weighted by atomic mass is 16.3. The summed E-state index contributed by atoms with van der Waals surface area (Å²) in [4.78, 5) is 8.41. The Morgan fingerprint density at radius 3 is 2.76 bits per heavy atom. The molecule has 1 aromatic heterocycles. The molecule has 5 heteroatoms. The third-order valence-corrected chi connectivity index (χ3v) is 3.39. The Labute approximate surface area is 102 Å². The van der Waals surface area contributed by atoms with Crippen LogP contribution in [0.5, 0.6) is 0 Å². The molecule has 5 nitrogen and oxygen atoms in total. The van der Waals surface area contributed by atoms with E-state index in [1.165, 1.54) is 6.42 Å². The van der Waals surface area contributed by atoms with Crippen LogP contribution < -0.4 is 10.6 Å². The quantitative estimate of drug-likeness (QED) is 0.741. The lowest BCUT2D eigenvalue weighted by molar-refractivity contribution is 0.172. The molecule has 17 heavy (non-hydrogen) atoms. The van der Waals surface area contributed by atoms with E-state index in [9.17, 15) is 5.11 Å². The van der Waals surface area contributed by atoms with E-state index in [2.05, 4.69) is 20.6 Å². The van der Waals surface area contributed by atoms with E-state index < -0.39 is 0 Å². The second kappa shape index (κ2) is 5.31. The van der Waals surface area contributed by atoms with Crippen molar-refractivity contribution in [2.24, 2.45) is 0 Å². The summed E-state index contributed by atoms with van der Waals surface area (Å²) < 4.78 is 0. The number of hydrogen-bond donors (Lipinski definition) is 3. The molecule has 2 rings (SSSR count). The zero-order valence-electron chi connectivity index (χ0n) is 10.2. The van der Waals surface area contributed by atoms with Gasteiger partial charge in [-0.05, 0) is 18.9 Å². The maximum Gasteiger partial charge on any atom is 0.224 e. The van der Waals surface area contributed by atoms with Gasteiger partial charge in [0.15, 0.2) is 0 Å². The molecule has 0 saturated heterocycles. The largest absolute Gasteiger partial charge is 0.394 e. The van der Waals surface area contributed by atoms with Gasteiger partial charge in [0.1, 0.15) is 5.82 Å². The average Bonchev–Trinajstić information content (AvgIpc) is 2.40. The summed E-state index contributed by atoms with van der Waals surface area (Å²) in [6, 6.07) is 1.84. The summed E-state index contributed by atoms with van der Waals surface area (Å²) in [7, 11) is 1.79. The Morgan fingerprint density at radius 1 is 1.35 bits per heavy atom. The number of anilines is 2. The zero-order chi connectivity index (χ0) is 12.1. The molecule has 1 aromatic rings. The van der Waals surface area contributed by atoms with Crippen molar-refractivity contribution >= 4 is 11.8 Å². The van der Waals surface area contributed by atoms with Crippen LogP contribution in [0, 0.1) is 0 Å². The zero-order valence-corrected chi connectivity index (χ0v) is 10.2. The van der Waals surface area contributed by atoms with Gasteiger partial charge < -0.3 is 15.7 Å². The fourth-order valence-electron chi connectivity index (χ4n) is 2.37. The highest BCUT2D eigenvalue weighted by Crippen LogP contribution is 2.30. The Morgan fingerprint density at radius 2 is 2.12 bits per heavy atom. The molecule has 1 aliphatic rings. The lowest BCUT2D eigenvalue weighted by Crippen LogP contribution is -2.44. The van der Waals surface area contributed by atoms with E-state index in [1.54, 1.807) is 13.2 Å². The minimum atomic E-state index is -0.197. The number of aliphatic hydroxyl groups is 1. The highest BCUT2D eigenvalue weighted by Gasteiger charge is 2.31. The van der Waals surface area contributed by atoms with E-state index in [0.29, 0.717) is 5.95 Å². The van der Waals surface area contributed by atoms with Crippen LogP contribution in [0.3, 0.4) is 0 Å². The smallest absolute Gasteiger partial charge is 0.224 e. The van der Waals surface area contributed by atoms with Crippen LogP contribution in [0.1, 0.15) is 32.1 Å². The fraction of sp³-hybridized carbons (Fsp3) is 0.667. The van der Waals surface area contributed by atoms with Crippen molar-refractivity contribution in [2.45, 2.75) is 37.6 Å². The number of hydrogen-bond acceptors (Lipinski definition) is 5. The molecule has 0 spiro atoms. The number of nitrogens with zero attached hydrogens (tertiary/aromatic N) is 2. The van der Waals surface area contributed by atoms with Crippen molar-refractivity contribution in [3.63, 3.8) is 0 Å². The lowest BCUT2D eigenvalue weighted by atomic mass is 9.82. The number of nitrogens with one attached hydrogen (secondary N) is 2. The molecule has 0 unspecified atom stereocenters. The molecule has 0 aliphatic heterocycles. The molecule has 1 heterocycles. The van der Waals surface area contributed by atoms with Crippen molar-refractivity contribution in [2.75, 3.05) is 24.3 Å². The predicted molar refractivity (Wildman–Crippen MR) is 68.1 cm³/mol. The van der Waals surface area contributed by atoms with Gasteiger partial charge >= 0.3 is 0 Å². The second-order valence-electron chi connectivity index (χ2n) is 4.64. The van der Waals surface area contributed by atoms with Gasteiger partial charge in [0.25, 0.3) is 0 Å². The van der Waals surface area contributed by atoms with E-state index in [0.717, 1.165) is 31.5 Å². The Bertz CT molecular complexity index is 363. The van der Waals surface area contributed by atoms with Crippen LogP contribution in [0.25, 0.3) is 0 Å². The van der Waals surface area contributed by atoms with E-state index in [-0.39, 0.29) is 12.1 Å². The number of rotatable bonds is 4. The van der Waals surface area contributed by atoms with Crippen LogP contribution in [-0.2, 0) is 0 Å². The van der Waals surface area contributed by atoms with E-state index in [1.807, 2.05) is 6.07 Å². The molecule has 1 saturated carbocycles. The first-order valence-corrected chi connectivity index (χ1v) is 6.18. The fourth-order valence-corrected chi connectivity index (χ4v) is 2.37. The first-order valence-electron chi connectivity index (χ1n) is 6.18. The number of aliphatic hydroxyl groups excluding tert-OH is 1. The molecule has 0 aromatic carbocycles. The van der Waals surface area contributed by atoms with Gasteiger partial charge in [0.05, 0.1) is 12.1 Å². The molecule has 1 fully saturated rings. The predicted octanol–water partition coefficient (Wildman–Crippen LogP) is 1.63. The van der Waals surface area contributed by atoms with Gasteiger partial charge in [0, 0.05) is 13.2 Å².